The molecule has 1 aromatic heterocycles. The van der Waals surface area contributed by atoms with Gasteiger partial charge in [0, 0.05) is 30.1 Å². The normalized spacial score (nSPS) is 20.6. The van der Waals surface area contributed by atoms with Crippen LogP contribution in [-0.4, -0.2) is 23.4 Å². The Labute approximate surface area is 189 Å². The Morgan fingerprint density at radius 2 is 1.88 bits per heavy atom. The molecule has 0 bridgehead atoms. The molecule has 2 aromatic carbocycles. The highest BCUT2D eigenvalue weighted by Crippen LogP contribution is 2.48. The maximum atomic E-state index is 9.61. The fourth-order valence-corrected chi connectivity index (χ4v) is 4.84. The van der Waals surface area contributed by atoms with E-state index in [4.69, 9.17) is 4.52 Å². The Bertz CT molecular complexity index is 1170. The molecular formula is C27H29N3O2. The SMILES string of the molecule is Cc1ccc(-c2c(C)noc2C)cc1N(C[C@H]1C[C@@H]1CO)c1ccc(C2(C#N)CC2)cc1. The Balaban J connectivity index is 1.54. The van der Waals surface area contributed by atoms with Crippen LogP contribution in [0.3, 0.4) is 0 Å². The number of nitrogens with zero attached hydrogens (tertiary/aromatic N) is 3. The van der Waals surface area contributed by atoms with E-state index in [0.29, 0.717) is 11.8 Å². The molecule has 0 saturated heterocycles. The van der Waals surface area contributed by atoms with Crippen molar-refractivity contribution in [2.24, 2.45) is 11.8 Å². The number of hydrogen-bond acceptors (Lipinski definition) is 5. The van der Waals surface area contributed by atoms with E-state index in [0.717, 1.165) is 65.3 Å². The monoisotopic (exact) mass is 427 g/mol. The topological polar surface area (TPSA) is 73.3 Å². The Hall–Kier alpha value is -3.10. The number of anilines is 2. The van der Waals surface area contributed by atoms with Crippen molar-refractivity contribution in [2.75, 3.05) is 18.1 Å². The lowest BCUT2D eigenvalue weighted by atomic mass is 9.97. The van der Waals surface area contributed by atoms with E-state index < -0.39 is 0 Å². The zero-order valence-electron chi connectivity index (χ0n) is 18.9. The van der Waals surface area contributed by atoms with Crippen molar-refractivity contribution >= 4 is 11.4 Å². The van der Waals surface area contributed by atoms with Crippen molar-refractivity contribution in [2.45, 2.75) is 45.4 Å². The van der Waals surface area contributed by atoms with Gasteiger partial charge in [-0.05, 0) is 86.8 Å². The van der Waals surface area contributed by atoms with E-state index in [1.54, 1.807) is 0 Å². The van der Waals surface area contributed by atoms with Gasteiger partial charge < -0.3 is 14.5 Å². The lowest BCUT2D eigenvalue weighted by Gasteiger charge is -2.28. The summed E-state index contributed by atoms with van der Waals surface area (Å²) < 4.78 is 5.41. The molecule has 32 heavy (non-hydrogen) atoms. The van der Waals surface area contributed by atoms with Crippen LogP contribution in [0.5, 0.6) is 0 Å². The van der Waals surface area contributed by atoms with Crippen LogP contribution in [0.15, 0.2) is 47.0 Å². The molecule has 0 unspecified atom stereocenters. The summed E-state index contributed by atoms with van der Waals surface area (Å²) in [5, 5.41) is 23.3. The van der Waals surface area contributed by atoms with Crippen molar-refractivity contribution in [3.05, 3.63) is 65.0 Å². The van der Waals surface area contributed by atoms with Gasteiger partial charge in [0.25, 0.3) is 0 Å². The van der Waals surface area contributed by atoms with Gasteiger partial charge >= 0.3 is 0 Å². The van der Waals surface area contributed by atoms with Crippen LogP contribution >= 0.6 is 0 Å². The Kier molecular flexibility index (Phi) is 5.06. The summed E-state index contributed by atoms with van der Waals surface area (Å²) in [5.74, 6) is 1.69. The molecule has 5 nitrogen and oxygen atoms in total. The predicted octanol–water partition coefficient (Wildman–Crippen LogP) is 5.59. The highest BCUT2D eigenvalue weighted by Gasteiger charge is 2.45. The molecule has 164 valence electrons. The van der Waals surface area contributed by atoms with E-state index in [-0.39, 0.29) is 12.0 Å². The first-order chi connectivity index (χ1) is 15.5. The summed E-state index contributed by atoms with van der Waals surface area (Å²) in [6.45, 7) is 7.17. The standard InChI is InChI=1S/C27H29N3O2/c1-17-4-5-20(26-18(2)29-32-19(26)3)13-25(17)30(14-21-12-22(21)15-31)24-8-6-23(7-9-24)27(16-28)10-11-27/h4-9,13,21-22,31H,10-12,14-15H2,1-3H3/t21-,22-/m1/s1. The Morgan fingerprint density at radius 3 is 2.44 bits per heavy atom. The second-order valence-electron chi connectivity index (χ2n) is 9.49. The molecule has 2 aliphatic rings. The van der Waals surface area contributed by atoms with Crippen LogP contribution < -0.4 is 4.90 Å². The van der Waals surface area contributed by atoms with Crippen LogP contribution in [-0.2, 0) is 5.41 Å². The Morgan fingerprint density at radius 1 is 1.12 bits per heavy atom. The van der Waals surface area contributed by atoms with E-state index in [9.17, 15) is 10.4 Å². The number of nitriles is 1. The first-order valence-corrected chi connectivity index (χ1v) is 11.4. The van der Waals surface area contributed by atoms with Crippen LogP contribution in [0, 0.1) is 43.9 Å². The summed E-state index contributed by atoms with van der Waals surface area (Å²) in [7, 11) is 0. The van der Waals surface area contributed by atoms with E-state index in [1.807, 2.05) is 13.8 Å². The van der Waals surface area contributed by atoms with Gasteiger partial charge in [-0.3, -0.25) is 0 Å². The molecular weight excluding hydrogens is 398 g/mol. The van der Waals surface area contributed by atoms with Crippen molar-refractivity contribution < 1.29 is 9.63 Å². The molecule has 0 spiro atoms. The molecule has 0 amide bonds. The van der Waals surface area contributed by atoms with Crippen LogP contribution in [0.25, 0.3) is 11.1 Å². The lowest BCUT2D eigenvalue weighted by Crippen LogP contribution is -2.22. The molecule has 2 fully saturated rings. The molecule has 2 saturated carbocycles. The minimum absolute atomic E-state index is 0.250. The summed E-state index contributed by atoms with van der Waals surface area (Å²) in [4.78, 5) is 2.37. The molecule has 0 radical (unpaired) electrons. The third-order valence-corrected chi connectivity index (χ3v) is 7.24. The quantitative estimate of drug-likeness (QED) is 0.532. The second kappa shape index (κ2) is 7.79. The highest BCUT2D eigenvalue weighted by atomic mass is 16.5. The molecule has 1 heterocycles. The molecule has 3 aromatic rings. The molecule has 5 heteroatoms. The third kappa shape index (κ3) is 3.59. The van der Waals surface area contributed by atoms with Crippen molar-refractivity contribution in [3.8, 4) is 17.2 Å². The number of benzene rings is 2. The van der Waals surface area contributed by atoms with Crippen molar-refractivity contribution in [1.29, 1.82) is 5.26 Å². The van der Waals surface area contributed by atoms with Gasteiger partial charge in [0.15, 0.2) is 0 Å². The fraction of sp³-hybridized carbons (Fsp3) is 0.407. The van der Waals surface area contributed by atoms with Crippen molar-refractivity contribution in [3.63, 3.8) is 0 Å². The second-order valence-corrected chi connectivity index (χ2v) is 9.49. The number of aryl methyl sites for hydroxylation is 3. The minimum Gasteiger partial charge on any atom is -0.396 e. The summed E-state index contributed by atoms with van der Waals surface area (Å²) in [5.41, 5.74) is 7.34. The molecule has 1 N–H and O–H groups in total. The summed E-state index contributed by atoms with van der Waals surface area (Å²) in [6, 6.07) is 17.5. The van der Waals surface area contributed by atoms with Gasteiger partial charge in [0.05, 0.1) is 17.2 Å². The number of aliphatic hydroxyl groups excluding tert-OH is 1. The summed E-state index contributed by atoms with van der Waals surface area (Å²) in [6.07, 6.45) is 2.96. The van der Waals surface area contributed by atoms with E-state index in [2.05, 4.69) is 65.5 Å². The highest BCUT2D eigenvalue weighted by molar-refractivity contribution is 5.76. The molecule has 2 aliphatic carbocycles. The average molecular weight is 428 g/mol. The van der Waals surface area contributed by atoms with E-state index >= 15 is 0 Å². The molecule has 5 rings (SSSR count). The van der Waals surface area contributed by atoms with Gasteiger partial charge in [0.1, 0.15) is 5.76 Å². The number of rotatable bonds is 7. The number of hydrogen-bond donors (Lipinski definition) is 1. The zero-order chi connectivity index (χ0) is 22.5. The molecule has 2 atom stereocenters. The van der Waals surface area contributed by atoms with Crippen molar-refractivity contribution in [1.82, 2.24) is 5.16 Å². The molecule has 0 aliphatic heterocycles. The maximum Gasteiger partial charge on any atom is 0.141 e. The number of aliphatic hydroxyl groups is 1. The maximum absolute atomic E-state index is 9.61. The average Bonchev–Trinajstić information content (AvgIpc) is 3.72. The van der Waals surface area contributed by atoms with Crippen LogP contribution in [0.2, 0.25) is 0 Å². The largest absolute Gasteiger partial charge is 0.396 e. The zero-order valence-corrected chi connectivity index (χ0v) is 18.9. The van der Waals surface area contributed by atoms with Crippen LogP contribution in [0.1, 0.15) is 41.8 Å². The van der Waals surface area contributed by atoms with Crippen LogP contribution in [0.4, 0.5) is 11.4 Å². The minimum atomic E-state index is -0.277. The fourth-order valence-electron chi connectivity index (χ4n) is 4.84. The van der Waals surface area contributed by atoms with Gasteiger partial charge in [-0.2, -0.15) is 5.26 Å². The van der Waals surface area contributed by atoms with Gasteiger partial charge in [-0.1, -0.05) is 29.4 Å². The lowest BCUT2D eigenvalue weighted by molar-refractivity contribution is 0.269. The van der Waals surface area contributed by atoms with E-state index in [1.165, 1.54) is 5.56 Å². The first-order valence-electron chi connectivity index (χ1n) is 11.4. The van der Waals surface area contributed by atoms with Gasteiger partial charge in [-0.15, -0.1) is 0 Å². The van der Waals surface area contributed by atoms with Gasteiger partial charge in [-0.25, -0.2) is 0 Å². The number of aromatic nitrogens is 1. The summed E-state index contributed by atoms with van der Waals surface area (Å²) >= 11 is 0. The predicted molar refractivity (Wildman–Crippen MR) is 125 cm³/mol. The van der Waals surface area contributed by atoms with Gasteiger partial charge in [0.2, 0.25) is 0 Å². The third-order valence-electron chi connectivity index (χ3n) is 7.24. The first kappa shape index (κ1) is 20.8. The smallest absolute Gasteiger partial charge is 0.141 e.